The van der Waals surface area contributed by atoms with Gasteiger partial charge in [0.05, 0.1) is 13.2 Å². The first-order valence-electron chi connectivity index (χ1n) is 7.55. The van der Waals surface area contributed by atoms with E-state index in [1.165, 1.54) is 0 Å². The van der Waals surface area contributed by atoms with Crippen LogP contribution in [0, 0.1) is 5.41 Å². The van der Waals surface area contributed by atoms with Crippen LogP contribution in [0.15, 0.2) is 4.99 Å². The molecule has 0 bridgehead atoms. The molecule has 1 aliphatic rings. The maximum absolute atomic E-state index is 11.2. The molecule has 0 aromatic rings. The highest BCUT2D eigenvalue weighted by atomic mass is 16.7. The number of aliphatic imine (C=N–C) groups is 1. The first kappa shape index (κ1) is 18.7. The molecule has 1 heterocycles. The average molecular weight is 316 g/mol. The van der Waals surface area contributed by atoms with Crippen molar-refractivity contribution in [1.29, 1.82) is 0 Å². The zero-order chi connectivity index (χ0) is 16.6. The molecule has 1 rings (SSSR count). The number of nitrogens with one attached hydrogen (secondary N) is 1. The molecule has 0 aromatic carbocycles. The number of carboxylic acid groups (broad SMARTS) is 1. The third-order valence-corrected chi connectivity index (χ3v) is 3.33. The Morgan fingerprint density at radius 3 is 2.59 bits per heavy atom. The second-order valence-electron chi connectivity index (χ2n) is 6.30. The number of aliphatic carboxylic acids is 1. The maximum atomic E-state index is 11.2. The van der Waals surface area contributed by atoms with E-state index in [2.05, 4.69) is 24.2 Å². The van der Waals surface area contributed by atoms with Crippen molar-refractivity contribution in [3.8, 4) is 0 Å². The van der Waals surface area contributed by atoms with Crippen molar-refractivity contribution in [3.63, 3.8) is 0 Å². The molecular weight excluding hydrogens is 288 g/mol. The van der Waals surface area contributed by atoms with Crippen molar-refractivity contribution < 1.29 is 19.4 Å². The summed E-state index contributed by atoms with van der Waals surface area (Å²) in [6.45, 7) is 6.41. The van der Waals surface area contributed by atoms with Crippen molar-refractivity contribution in [3.05, 3.63) is 0 Å². The molecule has 22 heavy (non-hydrogen) atoms. The number of rotatable bonds is 9. The second kappa shape index (κ2) is 8.92. The van der Waals surface area contributed by atoms with Gasteiger partial charge in [0, 0.05) is 24.9 Å². The van der Waals surface area contributed by atoms with Crippen LogP contribution in [-0.2, 0) is 14.3 Å². The Hall–Kier alpha value is -1.38. The summed E-state index contributed by atoms with van der Waals surface area (Å²) in [6, 6.07) is -0.616. The lowest BCUT2D eigenvalue weighted by Gasteiger charge is -2.34. The lowest BCUT2D eigenvalue weighted by molar-refractivity contribution is -0.223. The molecule has 1 saturated heterocycles. The zero-order valence-electron chi connectivity index (χ0n) is 13.4. The molecule has 1 atom stereocenters. The van der Waals surface area contributed by atoms with E-state index in [1.807, 2.05) is 0 Å². The minimum Gasteiger partial charge on any atom is -0.480 e. The van der Waals surface area contributed by atoms with E-state index in [0.717, 1.165) is 0 Å². The summed E-state index contributed by atoms with van der Waals surface area (Å²) in [5.74, 6) is -0.856. The number of nitrogens with zero attached hydrogens (tertiary/aromatic N) is 1. The third kappa shape index (κ3) is 7.58. The van der Waals surface area contributed by atoms with Gasteiger partial charge in [-0.3, -0.25) is 9.79 Å². The molecule has 0 spiro atoms. The Kier molecular flexibility index (Phi) is 7.57. The molecule has 1 aliphatic heterocycles. The van der Waals surface area contributed by atoms with Crippen LogP contribution in [-0.4, -0.2) is 55.7 Å². The largest absolute Gasteiger partial charge is 0.480 e. The Morgan fingerprint density at radius 1 is 1.41 bits per heavy atom. The summed E-state index contributed by atoms with van der Waals surface area (Å²) >= 11 is 0. The number of hydrogen-bond donors (Lipinski definition) is 4. The Bertz CT molecular complexity index is 373. The van der Waals surface area contributed by atoms with Gasteiger partial charge in [0.1, 0.15) is 6.04 Å². The maximum Gasteiger partial charge on any atom is 0.320 e. The second-order valence-corrected chi connectivity index (χ2v) is 6.30. The minimum absolute atomic E-state index is 0.0226. The lowest BCUT2D eigenvalue weighted by Crippen LogP contribution is -2.42. The van der Waals surface area contributed by atoms with Gasteiger partial charge < -0.3 is 31.4 Å². The Labute approximate surface area is 131 Å². The van der Waals surface area contributed by atoms with Crippen LogP contribution < -0.4 is 16.8 Å². The highest BCUT2D eigenvalue weighted by molar-refractivity contribution is 5.75. The molecule has 0 amide bonds. The summed E-state index contributed by atoms with van der Waals surface area (Å²) in [4.78, 5) is 15.0. The van der Waals surface area contributed by atoms with E-state index < -0.39 is 12.0 Å². The fourth-order valence-corrected chi connectivity index (χ4v) is 2.09. The van der Waals surface area contributed by atoms with Crippen LogP contribution >= 0.6 is 0 Å². The van der Waals surface area contributed by atoms with E-state index in [4.69, 9.17) is 20.9 Å². The quantitative estimate of drug-likeness (QED) is 0.265. The van der Waals surface area contributed by atoms with Crippen LogP contribution in [0.5, 0.6) is 0 Å². The molecule has 0 saturated carbocycles. The highest BCUT2D eigenvalue weighted by Crippen LogP contribution is 2.23. The van der Waals surface area contributed by atoms with Gasteiger partial charge in [-0.15, -0.1) is 0 Å². The molecule has 8 heteroatoms. The number of hydrogen-bond acceptors (Lipinski definition) is 5. The van der Waals surface area contributed by atoms with Crippen LogP contribution in [0.25, 0.3) is 0 Å². The summed E-state index contributed by atoms with van der Waals surface area (Å²) in [7, 11) is 0. The summed E-state index contributed by atoms with van der Waals surface area (Å²) < 4.78 is 11.2. The lowest BCUT2D eigenvalue weighted by atomic mass is 9.95. The van der Waals surface area contributed by atoms with E-state index in [0.29, 0.717) is 45.6 Å². The van der Waals surface area contributed by atoms with Crippen LogP contribution in [0.4, 0.5) is 0 Å². The molecule has 0 aromatic heterocycles. The predicted octanol–water partition coefficient (Wildman–Crippen LogP) is -0.128. The molecule has 8 nitrogen and oxygen atoms in total. The van der Waals surface area contributed by atoms with Gasteiger partial charge in [-0.1, -0.05) is 13.8 Å². The first-order chi connectivity index (χ1) is 10.3. The van der Waals surface area contributed by atoms with Gasteiger partial charge in [0.2, 0.25) is 0 Å². The van der Waals surface area contributed by atoms with E-state index in [-0.39, 0.29) is 17.7 Å². The van der Waals surface area contributed by atoms with Gasteiger partial charge in [0.25, 0.3) is 0 Å². The van der Waals surface area contributed by atoms with Gasteiger partial charge in [-0.2, -0.15) is 0 Å². The van der Waals surface area contributed by atoms with Gasteiger partial charge in [-0.25, -0.2) is 0 Å². The van der Waals surface area contributed by atoms with Crippen molar-refractivity contribution in [1.82, 2.24) is 5.32 Å². The summed E-state index contributed by atoms with van der Waals surface area (Å²) in [5.41, 5.74) is 10.5. The number of carbonyl (C=O) groups is 1. The minimum atomic E-state index is -0.878. The third-order valence-electron chi connectivity index (χ3n) is 3.33. The van der Waals surface area contributed by atoms with Crippen molar-refractivity contribution in [2.75, 3.05) is 26.3 Å². The van der Waals surface area contributed by atoms with Crippen LogP contribution in [0.2, 0.25) is 0 Å². The fourth-order valence-electron chi connectivity index (χ4n) is 2.09. The topological polar surface area (TPSA) is 132 Å². The number of carboxylic acids is 1. The zero-order valence-corrected chi connectivity index (χ0v) is 13.4. The molecule has 0 radical (unpaired) electrons. The van der Waals surface area contributed by atoms with Crippen molar-refractivity contribution in [2.45, 2.75) is 45.4 Å². The van der Waals surface area contributed by atoms with Crippen molar-refractivity contribution in [2.24, 2.45) is 21.9 Å². The van der Waals surface area contributed by atoms with E-state index in [9.17, 15) is 9.90 Å². The van der Waals surface area contributed by atoms with Gasteiger partial charge in [0.15, 0.2) is 12.2 Å². The fraction of sp³-hybridized carbons (Fsp3) is 0.857. The van der Waals surface area contributed by atoms with Crippen LogP contribution in [0.3, 0.4) is 0 Å². The monoisotopic (exact) mass is 316 g/mol. The number of guanidine groups is 1. The molecule has 0 unspecified atom stereocenters. The number of nitrogens with two attached hydrogens (primary N) is 2. The van der Waals surface area contributed by atoms with E-state index in [1.54, 1.807) is 0 Å². The molecule has 6 N–H and O–H groups in total. The predicted molar refractivity (Wildman–Crippen MR) is 83.4 cm³/mol. The van der Waals surface area contributed by atoms with Crippen molar-refractivity contribution >= 4 is 11.9 Å². The Morgan fingerprint density at radius 2 is 2.05 bits per heavy atom. The summed E-state index contributed by atoms with van der Waals surface area (Å²) in [5, 5.41) is 12.2. The normalized spacial score (nSPS) is 19.5. The smallest absolute Gasteiger partial charge is 0.320 e. The first-order valence-corrected chi connectivity index (χ1v) is 7.55. The van der Waals surface area contributed by atoms with E-state index >= 15 is 0 Å². The Balaban J connectivity index is 2.21. The molecule has 1 fully saturated rings. The molecular formula is C14H28N4O4. The van der Waals surface area contributed by atoms with Crippen LogP contribution in [0.1, 0.15) is 33.1 Å². The molecule has 128 valence electrons. The molecule has 0 aliphatic carbocycles. The van der Waals surface area contributed by atoms with Gasteiger partial charge >= 0.3 is 5.97 Å². The standard InChI is InChI=1S/C14H28N4O4/c1-14(2)8-21-11(22-9-14)5-7-17-10(12(19)20)4-3-6-18-13(15)16/h10-11,17H,3-9H2,1-2H3,(H,19,20)(H4,15,16,18)/t10-/m0/s1. The highest BCUT2D eigenvalue weighted by Gasteiger charge is 2.28. The number of ether oxygens (including phenoxy) is 2. The SMILES string of the molecule is CC1(C)COC(CCN[C@@H](CCCN=C(N)N)C(=O)O)OC1. The average Bonchev–Trinajstić information content (AvgIpc) is 2.42. The summed E-state index contributed by atoms with van der Waals surface area (Å²) in [6.07, 6.45) is 1.42. The van der Waals surface area contributed by atoms with Gasteiger partial charge in [-0.05, 0) is 12.8 Å².